The molecule has 1 aliphatic rings. The van der Waals surface area contributed by atoms with Crippen LogP contribution >= 0.6 is 0 Å². The van der Waals surface area contributed by atoms with Crippen LogP contribution in [0.2, 0.25) is 0 Å². The Balaban J connectivity index is 1.58. The molecule has 3 rings (SSSR count). The summed E-state index contributed by atoms with van der Waals surface area (Å²) >= 11 is 0. The molecule has 6 nitrogen and oxygen atoms in total. The zero-order valence-corrected chi connectivity index (χ0v) is 12.6. The average Bonchev–Trinajstić information content (AvgIpc) is 3.24. The van der Waals surface area contributed by atoms with Gasteiger partial charge in [0.25, 0.3) is 0 Å². The van der Waals surface area contributed by atoms with Gasteiger partial charge >= 0.3 is 0 Å². The van der Waals surface area contributed by atoms with E-state index in [4.69, 9.17) is 10.5 Å². The number of nitrogens with two attached hydrogens (primary N) is 1. The predicted molar refractivity (Wildman–Crippen MR) is 82.3 cm³/mol. The van der Waals surface area contributed by atoms with Crippen LogP contribution in [0.15, 0.2) is 36.9 Å². The van der Waals surface area contributed by atoms with E-state index in [1.165, 1.54) is 12.4 Å². The van der Waals surface area contributed by atoms with Crippen LogP contribution in [-0.4, -0.2) is 34.2 Å². The van der Waals surface area contributed by atoms with Gasteiger partial charge in [-0.1, -0.05) is 6.07 Å². The van der Waals surface area contributed by atoms with Gasteiger partial charge in [-0.25, -0.2) is 9.37 Å². The van der Waals surface area contributed by atoms with E-state index in [0.29, 0.717) is 24.2 Å². The Morgan fingerprint density at radius 3 is 3.00 bits per heavy atom. The molecular weight excluding hydrogens is 299 g/mol. The third kappa shape index (κ3) is 3.57. The first-order valence-electron chi connectivity index (χ1n) is 7.57. The Labute approximate surface area is 133 Å². The minimum Gasteiger partial charge on any atom is -0.364 e. The molecule has 2 aromatic rings. The second kappa shape index (κ2) is 6.89. The first-order valence-corrected chi connectivity index (χ1v) is 7.57. The highest BCUT2D eigenvalue weighted by Gasteiger charge is 2.29. The van der Waals surface area contributed by atoms with Crippen molar-refractivity contribution in [3.05, 3.63) is 48.3 Å². The lowest BCUT2D eigenvalue weighted by Gasteiger charge is -2.13. The Hall–Kier alpha value is -2.25. The summed E-state index contributed by atoms with van der Waals surface area (Å²) in [7, 11) is 0. The van der Waals surface area contributed by atoms with Gasteiger partial charge in [-0.05, 0) is 30.5 Å². The van der Waals surface area contributed by atoms with Crippen LogP contribution in [0.25, 0.3) is 5.69 Å². The molecule has 1 aliphatic heterocycles. The van der Waals surface area contributed by atoms with E-state index in [1.807, 2.05) is 0 Å². The number of carbonyl (C=O) groups excluding carboxylic acids is 1. The number of rotatable bonds is 5. The molecule has 3 N–H and O–H groups in total. The van der Waals surface area contributed by atoms with E-state index in [9.17, 15) is 9.18 Å². The summed E-state index contributed by atoms with van der Waals surface area (Å²) in [5.74, 6) is -0.546. The molecule has 122 valence electrons. The van der Waals surface area contributed by atoms with Gasteiger partial charge in [0.05, 0.1) is 18.1 Å². The number of nitrogens with one attached hydrogen (secondary N) is 1. The van der Waals surface area contributed by atoms with E-state index in [1.54, 1.807) is 29.1 Å². The van der Waals surface area contributed by atoms with E-state index in [2.05, 4.69) is 10.3 Å². The van der Waals surface area contributed by atoms with Gasteiger partial charge in [0.2, 0.25) is 5.91 Å². The Morgan fingerprint density at radius 1 is 1.48 bits per heavy atom. The van der Waals surface area contributed by atoms with Gasteiger partial charge in [-0.15, -0.1) is 0 Å². The molecule has 1 saturated heterocycles. The van der Waals surface area contributed by atoms with Crippen molar-refractivity contribution < 1.29 is 13.9 Å². The molecule has 0 radical (unpaired) electrons. The topological polar surface area (TPSA) is 82.2 Å². The van der Waals surface area contributed by atoms with Gasteiger partial charge in [0, 0.05) is 25.5 Å². The second-order valence-electron chi connectivity index (χ2n) is 5.53. The van der Waals surface area contributed by atoms with Crippen LogP contribution in [0.5, 0.6) is 0 Å². The van der Waals surface area contributed by atoms with Crippen LogP contribution < -0.4 is 11.1 Å². The summed E-state index contributed by atoms with van der Waals surface area (Å²) in [5.41, 5.74) is 6.63. The highest BCUT2D eigenvalue weighted by molar-refractivity contribution is 5.81. The zero-order chi connectivity index (χ0) is 16.2. The van der Waals surface area contributed by atoms with Crippen molar-refractivity contribution in [1.29, 1.82) is 0 Å². The lowest BCUT2D eigenvalue weighted by molar-refractivity contribution is -0.132. The molecule has 1 aromatic heterocycles. The maximum atomic E-state index is 14.1. The molecule has 2 heterocycles. The Bertz CT molecular complexity index is 675. The lowest BCUT2D eigenvalue weighted by Crippen LogP contribution is -2.35. The number of ether oxygens (including phenoxy) is 1. The third-order valence-corrected chi connectivity index (χ3v) is 3.92. The molecular formula is C16H19FN4O2. The Morgan fingerprint density at radius 2 is 2.35 bits per heavy atom. The maximum absolute atomic E-state index is 14.1. The second-order valence-corrected chi connectivity index (χ2v) is 5.53. The van der Waals surface area contributed by atoms with Crippen molar-refractivity contribution in [2.24, 2.45) is 5.73 Å². The third-order valence-electron chi connectivity index (χ3n) is 3.92. The van der Waals surface area contributed by atoms with E-state index >= 15 is 0 Å². The Kier molecular flexibility index (Phi) is 4.68. The maximum Gasteiger partial charge on any atom is 0.249 e. The first-order chi connectivity index (χ1) is 11.2. The fourth-order valence-electron chi connectivity index (χ4n) is 2.65. The minimum atomic E-state index is -0.460. The molecule has 0 saturated carbocycles. The van der Waals surface area contributed by atoms with Crippen LogP contribution in [0.4, 0.5) is 4.39 Å². The van der Waals surface area contributed by atoms with Crippen molar-refractivity contribution in [2.75, 3.05) is 6.54 Å². The van der Waals surface area contributed by atoms with Gasteiger partial charge < -0.3 is 20.4 Å². The van der Waals surface area contributed by atoms with Crippen LogP contribution in [0, 0.1) is 5.82 Å². The number of amides is 1. The normalized spacial score (nSPS) is 20.6. The summed E-state index contributed by atoms with van der Waals surface area (Å²) in [4.78, 5) is 15.9. The summed E-state index contributed by atoms with van der Waals surface area (Å²) in [6.07, 6.45) is 5.75. The van der Waals surface area contributed by atoms with E-state index in [-0.39, 0.29) is 24.4 Å². The van der Waals surface area contributed by atoms with Crippen molar-refractivity contribution in [3.63, 3.8) is 0 Å². The largest absolute Gasteiger partial charge is 0.364 e. The number of aromatic nitrogens is 2. The van der Waals surface area contributed by atoms with E-state index in [0.717, 1.165) is 6.42 Å². The predicted octanol–water partition coefficient (Wildman–Crippen LogP) is 1.13. The lowest BCUT2D eigenvalue weighted by atomic mass is 10.1. The molecule has 0 unspecified atom stereocenters. The fraction of sp³-hybridized carbons (Fsp3) is 0.375. The molecule has 0 spiro atoms. The molecule has 1 fully saturated rings. The average molecular weight is 318 g/mol. The number of imidazole rings is 1. The summed E-state index contributed by atoms with van der Waals surface area (Å²) < 4.78 is 21.3. The minimum absolute atomic E-state index is 0.0438. The van der Waals surface area contributed by atoms with Crippen LogP contribution in [0.1, 0.15) is 18.4 Å². The van der Waals surface area contributed by atoms with Crippen LogP contribution in [0.3, 0.4) is 0 Å². The number of carbonyl (C=O) groups is 1. The monoisotopic (exact) mass is 318 g/mol. The molecule has 7 heteroatoms. The van der Waals surface area contributed by atoms with Gasteiger partial charge in [0.15, 0.2) is 0 Å². The summed E-state index contributed by atoms with van der Waals surface area (Å²) in [6, 6.07) is 4.85. The summed E-state index contributed by atoms with van der Waals surface area (Å²) in [6.45, 7) is 0.678. The molecule has 1 amide bonds. The summed E-state index contributed by atoms with van der Waals surface area (Å²) in [5, 5.41) is 2.78. The standard InChI is InChI=1S/C16H19FN4O2/c17-13-7-11(1-3-14(13)21-6-5-19-10-21)9-20-16(22)15-4-2-12(8-18)23-15/h1,3,5-7,10,12,15H,2,4,8-9,18H2,(H,20,22)/t12-,15+/m1/s1. The van der Waals surface area contributed by atoms with Crippen molar-refractivity contribution in [2.45, 2.75) is 31.6 Å². The fourth-order valence-corrected chi connectivity index (χ4v) is 2.65. The first kappa shape index (κ1) is 15.6. The van der Waals surface area contributed by atoms with Gasteiger partial charge in [0.1, 0.15) is 11.9 Å². The molecule has 1 aromatic carbocycles. The van der Waals surface area contributed by atoms with E-state index < -0.39 is 6.10 Å². The SMILES string of the molecule is NC[C@H]1CC[C@@H](C(=O)NCc2ccc(-n3ccnc3)c(F)c2)O1. The molecule has 0 bridgehead atoms. The number of halogens is 1. The smallest absolute Gasteiger partial charge is 0.249 e. The quantitative estimate of drug-likeness (QED) is 0.866. The number of hydrogen-bond acceptors (Lipinski definition) is 4. The zero-order valence-electron chi connectivity index (χ0n) is 12.6. The highest BCUT2D eigenvalue weighted by atomic mass is 19.1. The van der Waals surface area contributed by atoms with Gasteiger partial charge in [-0.3, -0.25) is 4.79 Å². The van der Waals surface area contributed by atoms with Crippen LogP contribution in [-0.2, 0) is 16.1 Å². The highest BCUT2D eigenvalue weighted by Crippen LogP contribution is 2.19. The molecule has 23 heavy (non-hydrogen) atoms. The van der Waals surface area contributed by atoms with Crippen molar-refractivity contribution in [3.8, 4) is 5.69 Å². The number of nitrogens with zero attached hydrogens (tertiary/aromatic N) is 2. The van der Waals surface area contributed by atoms with Crippen molar-refractivity contribution in [1.82, 2.24) is 14.9 Å². The molecule has 2 atom stereocenters. The number of hydrogen-bond donors (Lipinski definition) is 2. The molecule has 0 aliphatic carbocycles. The van der Waals surface area contributed by atoms with Crippen molar-refractivity contribution >= 4 is 5.91 Å². The van der Waals surface area contributed by atoms with Gasteiger partial charge in [-0.2, -0.15) is 0 Å². The number of benzene rings is 1.